The maximum Gasteiger partial charge on any atom is 0.226 e. The molecule has 0 spiro atoms. The van der Waals surface area contributed by atoms with E-state index >= 15 is 35.1 Å². The van der Waals surface area contributed by atoms with Crippen LogP contribution in [0.4, 0.5) is 87.8 Å². The van der Waals surface area contributed by atoms with Gasteiger partial charge in [0.2, 0.25) is 11.0 Å². The molecule has 0 bridgehead atoms. The Morgan fingerprint density at radius 2 is 0.609 bits per heavy atom. The van der Waals surface area contributed by atoms with E-state index in [0.717, 1.165) is 6.54 Å². The summed E-state index contributed by atoms with van der Waals surface area (Å²) in [5.74, 6) is -71.4. The highest BCUT2D eigenvalue weighted by Crippen LogP contribution is 2.32. The molecule has 9 aromatic rings. The quantitative estimate of drug-likeness (QED) is 0.0390. The van der Waals surface area contributed by atoms with Crippen LogP contribution in [0, 0.1) is 116 Å². The first-order valence-corrected chi connectivity index (χ1v) is 20.0. The Hall–Kier alpha value is -7.17. The van der Waals surface area contributed by atoms with Crippen molar-refractivity contribution in [2.24, 2.45) is 0 Å². The molecule has 0 N–H and O–H groups in total. The van der Waals surface area contributed by atoms with Crippen molar-refractivity contribution in [3.8, 4) is 0 Å². The molecule has 0 saturated heterocycles. The predicted octanol–water partition coefficient (Wildman–Crippen LogP) is 11.4. The van der Waals surface area contributed by atoms with Gasteiger partial charge in [0.05, 0.1) is 0 Å². The first-order chi connectivity index (χ1) is 32.6. The molecule has 1 aromatic heterocycles. The highest BCUT2D eigenvalue weighted by Gasteiger charge is 2.52. The van der Waals surface area contributed by atoms with Crippen LogP contribution < -0.4 is 26.4 Å². The second-order valence-electron chi connectivity index (χ2n) is 14.9. The van der Waals surface area contributed by atoms with Gasteiger partial charge in [-0.15, -0.1) is 21.9 Å². The van der Waals surface area contributed by atoms with Crippen LogP contribution in [-0.4, -0.2) is 6.15 Å². The van der Waals surface area contributed by atoms with Gasteiger partial charge in [0.25, 0.3) is 0 Å². The summed E-state index contributed by atoms with van der Waals surface area (Å²) < 4.78 is 298. The fraction of sp³-hybridized carbons (Fsp3) is 0.0217. The van der Waals surface area contributed by atoms with Crippen molar-refractivity contribution in [2.75, 3.05) is 0 Å². The fourth-order valence-electron chi connectivity index (χ4n) is 8.42. The van der Waals surface area contributed by atoms with Crippen molar-refractivity contribution in [2.45, 2.75) is 6.54 Å². The number of hydrogen-bond acceptors (Lipinski definition) is 1. The van der Waals surface area contributed by atoms with Gasteiger partial charge in [-0.3, -0.25) is 0 Å². The number of thiazole rings is 1. The average Bonchev–Trinajstić information content (AvgIpc) is 3.76. The van der Waals surface area contributed by atoms with Gasteiger partial charge in [-0.2, -0.15) is 4.57 Å². The van der Waals surface area contributed by atoms with E-state index < -0.39 is 144 Å². The molecule has 0 amide bonds. The van der Waals surface area contributed by atoms with Crippen LogP contribution in [0.25, 0.3) is 31.8 Å². The molecule has 0 aliphatic carbocycles. The van der Waals surface area contributed by atoms with Crippen molar-refractivity contribution in [1.82, 2.24) is 0 Å². The van der Waals surface area contributed by atoms with E-state index in [1.807, 2.05) is 0 Å². The summed E-state index contributed by atoms with van der Waals surface area (Å²) in [6.07, 6.45) is -7.22. The number of halogens is 20. The SMILES string of the molecule is Fc1c(F)c(F)c([B-](c2c(F)c(F)c(F)c(F)c2F)(c2c(F)c(F)c(F)c(F)c2F)c2c(F)c(F)c(F)c(F)c2F)c(F)c1F.c1ccc2c(C[n+]3csc4ccccc43)c3ccccc3cc2c1. The lowest BCUT2D eigenvalue weighted by molar-refractivity contribution is -0.657. The lowest BCUT2D eigenvalue weighted by Crippen LogP contribution is -2.81. The Morgan fingerprint density at radius 3 is 0.942 bits per heavy atom. The maximum atomic E-state index is 15.4. The second-order valence-corrected chi connectivity index (χ2v) is 15.8. The van der Waals surface area contributed by atoms with Crippen LogP contribution in [-0.2, 0) is 6.54 Å². The minimum atomic E-state index is -7.22. The molecule has 69 heavy (non-hydrogen) atoms. The van der Waals surface area contributed by atoms with Crippen molar-refractivity contribution in [3.05, 3.63) is 206 Å². The zero-order chi connectivity index (χ0) is 50.3. The molecule has 354 valence electrons. The molecule has 0 saturated carbocycles. The van der Waals surface area contributed by atoms with Crippen LogP contribution in [0.5, 0.6) is 0 Å². The molecule has 8 aromatic carbocycles. The Balaban J connectivity index is 0.000000221. The van der Waals surface area contributed by atoms with Crippen molar-refractivity contribution in [1.29, 1.82) is 0 Å². The normalized spacial score (nSPS) is 11.8. The van der Waals surface area contributed by atoms with E-state index in [2.05, 4.69) is 88.9 Å². The van der Waals surface area contributed by atoms with E-state index in [4.69, 9.17) is 0 Å². The molecular formula is C46H16BF20NS. The predicted molar refractivity (Wildman–Crippen MR) is 212 cm³/mol. The van der Waals surface area contributed by atoms with Gasteiger partial charge in [0.15, 0.2) is 76.4 Å². The summed E-state index contributed by atoms with van der Waals surface area (Å²) in [6, 6.07) is 28.3. The summed E-state index contributed by atoms with van der Waals surface area (Å²) in [4.78, 5) is 0. The van der Waals surface area contributed by atoms with E-state index in [0.29, 0.717) is 0 Å². The van der Waals surface area contributed by atoms with E-state index in [1.165, 1.54) is 37.3 Å². The fourth-order valence-corrected chi connectivity index (χ4v) is 9.31. The summed E-state index contributed by atoms with van der Waals surface area (Å²) in [7, 11) is 0. The summed E-state index contributed by atoms with van der Waals surface area (Å²) in [6.45, 7) is 0.895. The molecule has 23 heteroatoms. The monoisotopic (exact) mass is 1010 g/mol. The third-order valence-electron chi connectivity index (χ3n) is 11.4. The number of aromatic nitrogens is 1. The topological polar surface area (TPSA) is 3.88 Å². The van der Waals surface area contributed by atoms with Gasteiger partial charge in [0, 0.05) is 11.6 Å². The minimum Gasteiger partial charge on any atom is -0.207 e. The molecule has 0 fully saturated rings. The van der Waals surface area contributed by atoms with Crippen molar-refractivity contribution in [3.63, 3.8) is 0 Å². The lowest BCUT2D eigenvalue weighted by Gasteiger charge is -2.44. The van der Waals surface area contributed by atoms with Gasteiger partial charge in [-0.05, 0) is 33.7 Å². The Labute approximate surface area is 375 Å². The summed E-state index contributed by atoms with van der Waals surface area (Å²) in [5.41, 5.74) is -9.39. The van der Waals surface area contributed by atoms with Crippen LogP contribution in [0.15, 0.2) is 84.4 Å². The van der Waals surface area contributed by atoms with Gasteiger partial charge in [-0.25, -0.2) is 87.8 Å². The largest absolute Gasteiger partial charge is 0.226 e. The van der Waals surface area contributed by atoms with Crippen molar-refractivity contribution < 1.29 is 92.4 Å². The smallest absolute Gasteiger partial charge is 0.207 e. The first kappa shape index (κ1) is 48.3. The lowest BCUT2D eigenvalue weighted by atomic mass is 9.12. The van der Waals surface area contributed by atoms with E-state index in [9.17, 15) is 52.7 Å². The van der Waals surface area contributed by atoms with Gasteiger partial charge in [-0.1, -0.05) is 72.0 Å². The van der Waals surface area contributed by atoms with Crippen molar-refractivity contribution >= 4 is 71.1 Å². The number of hydrogen-bond donors (Lipinski definition) is 0. The number of fused-ring (bicyclic) bond motifs is 3. The van der Waals surface area contributed by atoms with E-state index in [-0.39, 0.29) is 0 Å². The van der Waals surface area contributed by atoms with Gasteiger partial charge >= 0.3 is 0 Å². The van der Waals surface area contributed by atoms with Gasteiger partial charge in [0.1, 0.15) is 57.4 Å². The summed E-state index contributed by atoms with van der Waals surface area (Å²) in [5, 5.41) is 5.32. The van der Waals surface area contributed by atoms with Crippen LogP contribution in [0.1, 0.15) is 5.56 Å². The van der Waals surface area contributed by atoms with Crippen LogP contribution in [0.2, 0.25) is 0 Å². The third kappa shape index (κ3) is 7.22. The molecule has 0 radical (unpaired) electrons. The average molecular weight is 1010 g/mol. The molecule has 0 atom stereocenters. The molecule has 0 aliphatic heterocycles. The summed E-state index contributed by atoms with van der Waals surface area (Å²) >= 11 is 1.81. The van der Waals surface area contributed by atoms with Crippen LogP contribution in [0.3, 0.4) is 0 Å². The molecule has 1 nitrogen and oxygen atoms in total. The minimum absolute atomic E-state index is 0.895. The molecular weight excluding hydrogens is 989 g/mol. The second kappa shape index (κ2) is 17.7. The third-order valence-corrected chi connectivity index (χ3v) is 12.4. The zero-order valence-corrected chi connectivity index (χ0v) is 34.1. The molecule has 0 aliphatic rings. The maximum absolute atomic E-state index is 15.4. The highest BCUT2D eigenvalue weighted by atomic mass is 32.1. The number of benzene rings is 8. The number of nitrogens with zero attached hydrogens (tertiary/aromatic N) is 1. The van der Waals surface area contributed by atoms with E-state index in [1.54, 1.807) is 11.3 Å². The Morgan fingerprint density at radius 1 is 0.333 bits per heavy atom. The molecule has 9 rings (SSSR count). The zero-order valence-electron chi connectivity index (χ0n) is 33.3. The van der Waals surface area contributed by atoms with Crippen LogP contribution >= 0.6 is 11.3 Å². The molecule has 0 unspecified atom stereocenters. The Kier molecular flexibility index (Phi) is 12.4. The first-order valence-electron chi connectivity index (χ1n) is 19.1. The molecule has 1 heterocycles. The standard InChI is InChI=1S/C24BF20.C22H16NS/c26-5-1(6(27)14(35)21(42)13(5)34)25(2-7(28)15(36)22(43)16(37)8(2)29,3-9(30)17(38)23(44)18(39)10(3)31)4-11(32)19(40)24(45)20(41)12(4)33;1-3-9-18-16(7-1)13-17-8-2-4-10-19(17)20(18)14-23-15-24-22-12-6-5-11-21(22)23/h;1-13,15H,14H2/q-1;+1. The number of para-hydroxylation sites is 1. The van der Waals surface area contributed by atoms with Gasteiger partial charge < -0.3 is 0 Å². The Bertz CT molecular complexity index is 3180. The highest BCUT2D eigenvalue weighted by molar-refractivity contribution is 7.20. The number of rotatable bonds is 6.